The number of aliphatic hydroxyl groups excluding tert-OH is 1. The molecule has 2 atom stereocenters. The van der Waals surface area contributed by atoms with Crippen LogP contribution in [-0.4, -0.2) is 78.9 Å². The molecule has 0 amide bonds. The Labute approximate surface area is 227 Å². The normalized spacial score (nSPS) is 24.1. The number of aryl methyl sites for hydroxylation is 1. The molecule has 9 nitrogen and oxygen atoms in total. The third-order valence-electron chi connectivity index (χ3n) is 8.39. The van der Waals surface area contributed by atoms with Gasteiger partial charge in [-0.15, -0.1) is 0 Å². The number of anilines is 2. The summed E-state index contributed by atoms with van der Waals surface area (Å²) in [5.41, 5.74) is 1.54. The number of nitrogens with zero attached hydrogens (tertiary/aromatic N) is 5. The molecular formula is C25H34ClN5O4S2. The van der Waals surface area contributed by atoms with Crippen molar-refractivity contribution >= 4 is 44.8 Å². The van der Waals surface area contributed by atoms with Gasteiger partial charge in [-0.05, 0) is 38.7 Å². The standard InChI is InChI=1S/C25H34ClN5O4S2/c1-15-17(3)35-14-25(15)6-9-30(10-7-25)22-19(13-32)29-24(16(2)28-22)36-20-5-8-27-23(21(20)26)31-11-18(12-31)37(4,33)34/h5,8,15,17-18,32H,6-7,9-14H2,1-4H3/t15-,17+/m1/s1. The van der Waals surface area contributed by atoms with E-state index in [0.29, 0.717) is 46.7 Å². The van der Waals surface area contributed by atoms with Crippen molar-refractivity contribution < 1.29 is 18.3 Å². The lowest BCUT2D eigenvalue weighted by Crippen LogP contribution is -2.55. The number of piperidine rings is 1. The number of aliphatic hydroxyl groups is 1. The fraction of sp³-hybridized carbons (Fsp3) is 0.640. The minimum absolute atomic E-state index is 0.204. The van der Waals surface area contributed by atoms with Crippen LogP contribution in [0.15, 0.2) is 22.2 Å². The fourth-order valence-electron chi connectivity index (χ4n) is 5.52. The number of sulfone groups is 1. The average molecular weight is 568 g/mol. The first-order valence-electron chi connectivity index (χ1n) is 12.6. The summed E-state index contributed by atoms with van der Waals surface area (Å²) in [6, 6.07) is 1.81. The number of hydrogen-bond donors (Lipinski definition) is 1. The third-order valence-corrected chi connectivity index (χ3v) is 11.5. The molecule has 5 rings (SSSR count). The van der Waals surface area contributed by atoms with Crippen molar-refractivity contribution in [1.82, 2.24) is 15.0 Å². The van der Waals surface area contributed by atoms with E-state index in [-0.39, 0.29) is 12.0 Å². The summed E-state index contributed by atoms with van der Waals surface area (Å²) in [4.78, 5) is 18.9. The molecule has 2 aromatic heterocycles. The highest BCUT2D eigenvalue weighted by molar-refractivity contribution is 7.99. The summed E-state index contributed by atoms with van der Waals surface area (Å²) in [6.07, 6.45) is 5.28. The monoisotopic (exact) mass is 567 g/mol. The molecule has 1 N–H and O–H groups in total. The van der Waals surface area contributed by atoms with Gasteiger partial charge < -0.3 is 19.6 Å². The lowest BCUT2D eigenvalue weighted by molar-refractivity contribution is 0.0969. The molecule has 37 heavy (non-hydrogen) atoms. The van der Waals surface area contributed by atoms with Crippen molar-refractivity contribution in [3.8, 4) is 0 Å². The van der Waals surface area contributed by atoms with Gasteiger partial charge in [-0.1, -0.05) is 30.3 Å². The van der Waals surface area contributed by atoms with E-state index in [2.05, 4.69) is 23.7 Å². The highest BCUT2D eigenvalue weighted by atomic mass is 35.5. The van der Waals surface area contributed by atoms with Gasteiger partial charge in [0.15, 0.2) is 15.7 Å². The number of ether oxygens (including phenoxy) is 1. The van der Waals surface area contributed by atoms with Crippen LogP contribution in [0.2, 0.25) is 5.02 Å². The van der Waals surface area contributed by atoms with Crippen LogP contribution >= 0.6 is 23.4 Å². The minimum atomic E-state index is -3.09. The number of hydrogen-bond acceptors (Lipinski definition) is 10. The SMILES string of the molecule is Cc1nc(N2CCC3(CC2)CO[C@@H](C)[C@H]3C)c(CO)nc1Sc1ccnc(N2CC(S(C)(=O)=O)C2)c1Cl. The zero-order valence-electron chi connectivity index (χ0n) is 21.6. The lowest BCUT2D eigenvalue weighted by Gasteiger charge is -2.42. The van der Waals surface area contributed by atoms with E-state index in [1.165, 1.54) is 18.0 Å². The van der Waals surface area contributed by atoms with E-state index in [1.807, 2.05) is 17.9 Å². The Morgan fingerprint density at radius 3 is 2.49 bits per heavy atom. The van der Waals surface area contributed by atoms with E-state index in [4.69, 9.17) is 26.3 Å². The summed E-state index contributed by atoms with van der Waals surface area (Å²) < 4.78 is 29.5. The van der Waals surface area contributed by atoms with Gasteiger partial charge in [0, 0.05) is 48.9 Å². The van der Waals surface area contributed by atoms with Gasteiger partial charge in [0.25, 0.3) is 0 Å². The molecule has 3 fully saturated rings. The van der Waals surface area contributed by atoms with Crippen molar-refractivity contribution in [3.05, 3.63) is 28.7 Å². The molecule has 1 spiro atoms. The Morgan fingerprint density at radius 2 is 1.89 bits per heavy atom. The molecule has 3 aliphatic rings. The molecule has 202 valence electrons. The van der Waals surface area contributed by atoms with Gasteiger partial charge in [0.1, 0.15) is 16.5 Å². The summed E-state index contributed by atoms with van der Waals surface area (Å²) in [6.45, 7) is 9.46. The Kier molecular flexibility index (Phi) is 7.38. The molecule has 0 bridgehead atoms. The van der Waals surface area contributed by atoms with Crippen molar-refractivity contribution in [2.45, 2.75) is 61.5 Å². The molecule has 5 heterocycles. The van der Waals surface area contributed by atoms with Crippen LogP contribution in [-0.2, 0) is 21.2 Å². The topological polar surface area (TPSA) is 109 Å². The Balaban J connectivity index is 1.32. The quantitative estimate of drug-likeness (QED) is 0.558. The summed E-state index contributed by atoms with van der Waals surface area (Å²) in [7, 11) is -3.09. The molecule has 3 aliphatic heterocycles. The molecular weight excluding hydrogens is 534 g/mol. The minimum Gasteiger partial charge on any atom is -0.390 e. The molecule has 0 radical (unpaired) electrons. The Bertz CT molecular complexity index is 1280. The maximum absolute atomic E-state index is 11.8. The molecule has 3 saturated heterocycles. The Morgan fingerprint density at radius 1 is 1.19 bits per heavy atom. The van der Waals surface area contributed by atoms with Gasteiger partial charge in [-0.25, -0.2) is 23.4 Å². The maximum Gasteiger partial charge on any atom is 0.153 e. The zero-order valence-corrected chi connectivity index (χ0v) is 24.0. The smallest absolute Gasteiger partial charge is 0.153 e. The number of halogens is 1. The van der Waals surface area contributed by atoms with Crippen molar-refractivity contribution in [2.24, 2.45) is 11.3 Å². The van der Waals surface area contributed by atoms with Gasteiger partial charge >= 0.3 is 0 Å². The highest BCUT2D eigenvalue weighted by Gasteiger charge is 2.47. The van der Waals surface area contributed by atoms with Crippen LogP contribution in [0.3, 0.4) is 0 Å². The van der Waals surface area contributed by atoms with E-state index >= 15 is 0 Å². The van der Waals surface area contributed by atoms with E-state index in [0.717, 1.165) is 48.9 Å². The van der Waals surface area contributed by atoms with Crippen LogP contribution in [0.4, 0.5) is 11.6 Å². The van der Waals surface area contributed by atoms with Gasteiger partial charge in [-0.3, -0.25) is 0 Å². The first-order valence-corrected chi connectivity index (χ1v) is 15.8. The molecule has 0 unspecified atom stereocenters. The summed E-state index contributed by atoms with van der Waals surface area (Å²) >= 11 is 8.08. The second-order valence-electron chi connectivity index (χ2n) is 10.6. The van der Waals surface area contributed by atoms with E-state index in [1.54, 1.807) is 6.20 Å². The van der Waals surface area contributed by atoms with Crippen molar-refractivity contribution in [3.63, 3.8) is 0 Å². The Hall–Kier alpha value is -1.66. The van der Waals surface area contributed by atoms with Crippen LogP contribution in [0.25, 0.3) is 0 Å². The summed E-state index contributed by atoms with van der Waals surface area (Å²) in [5, 5.41) is 10.9. The number of aromatic nitrogens is 3. The maximum atomic E-state index is 11.8. The predicted molar refractivity (Wildman–Crippen MR) is 145 cm³/mol. The van der Waals surface area contributed by atoms with Crippen LogP contribution in [0.5, 0.6) is 0 Å². The molecule has 0 aliphatic carbocycles. The lowest BCUT2D eigenvalue weighted by atomic mass is 9.70. The van der Waals surface area contributed by atoms with Gasteiger partial charge in [0.2, 0.25) is 0 Å². The number of rotatable bonds is 6. The van der Waals surface area contributed by atoms with E-state index in [9.17, 15) is 13.5 Å². The molecule has 0 saturated carbocycles. The number of pyridine rings is 1. The van der Waals surface area contributed by atoms with Crippen molar-refractivity contribution in [2.75, 3.05) is 48.8 Å². The third kappa shape index (κ3) is 5.05. The second kappa shape index (κ2) is 10.1. The van der Waals surface area contributed by atoms with Crippen LogP contribution < -0.4 is 9.80 Å². The van der Waals surface area contributed by atoms with Gasteiger partial charge in [-0.2, -0.15) is 0 Å². The van der Waals surface area contributed by atoms with Crippen LogP contribution in [0, 0.1) is 18.3 Å². The van der Waals surface area contributed by atoms with Crippen molar-refractivity contribution in [1.29, 1.82) is 0 Å². The van der Waals surface area contributed by atoms with Crippen LogP contribution in [0.1, 0.15) is 38.1 Å². The molecule has 12 heteroatoms. The second-order valence-corrected chi connectivity index (χ2v) is 14.3. The molecule has 0 aromatic carbocycles. The fourth-order valence-corrected chi connectivity index (χ4v) is 7.63. The summed E-state index contributed by atoms with van der Waals surface area (Å²) in [5.74, 6) is 1.84. The average Bonchev–Trinajstić information content (AvgIpc) is 3.09. The first kappa shape index (κ1) is 26.9. The van der Waals surface area contributed by atoms with E-state index < -0.39 is 15.1 Å². The highest BCUT2D eigenvalue weighted by Crippen LogP contribution is 2.47. The van der Waals surface area contributed by atoms with Gasteiger partial charge in [0.05, 0.1) is 35.3 Å². The largest absolute Gasteiger partial charge is 0.390 e. The first-order chi connectivity index (χ1) is 17.5. The predicted octanol–water partition coefficient (Wildman–Crippen LogP) is 3.35. The zero-order chi connectivity index (χ0) is 26.5. The molecule has 2 aromatic rings.